The molecule has 1 amide bonds. The van der Waals surface area contributed by atoms with Crippen molar-refractivity contribution in [2.75, 3.05) is 20.2 Å². The quantitative estimate of drug-likeness (QED) is 0.490. The first-order valence-corrected chi connectivity index (χ1v) is 11.5. The number of aliphatic carboxylic acids is 1. The molecule has 182 valence electrons. The molecule has 1 aliphatic heterocycles. The van der Waals surface area contributed by atoms with E-state index in [1.54, 1.807) is 30.3 Å². The third-order valence-corrected chi connectivity index (χ3v) is 6.16. The molecule has 1 heterocycles. The van der Waals surface area contributed by atoms with Gasteiger partial charge >= 0.3 is 5.97 Å². The molecular weight excluding hydrogens is 449 g/mol. The number of benzene rings is 3. The monoisotopic (exact) mass is 477 g/mol. The molecule has 0 aliphatic carbocycles. The maximum atomic E-state index is 14.3. The molecule has 4 rings (SSSR count). The van der Waals surface area contributed by atoms with Gasteiger partial charge in [-0.1, -0.05) is 48.5 Å². The zero-order chi connectivity index (χ0) is 25.0. The number of hydrogen-bond donors (Lipinski definition) is 1. The largest absolute Gasteiger partial charge is 0.493 e. The molecule has 0 saturated carbocycles. The molecule has 3 aromatic rings. The van der Waals surface area contributed by atoms with Crippen LogP contribution in [0.25, 0.3) is 0 Å². The first-order valence-electron chi connectivity index (χ1n) is 11.5. The highest BCUT2D eigenvalue weighted by atomic mass is 19.1. The number of carboxylic acids is 1. The van der Waals surface area contributed by atoms with Gasteiger partial charge in [0.2, 0.25) is 0 Å². The van der Waals surface area contributed by atoms with Gasteiger partial charge in [0.15, 0.2) is 11.5 Å². The second kappa shape index (κ2) is 10.2. The normalized spacial score (nSPS) is 16.3. The van der Waals surface area contributed by atoms with Gasteiger partial charge in [-0.3, -0.25) is 9.59 Å². The minimum Gasteiger partial charge on any atom is -0.493 e. The molecule has 1 N–H and O–H groups in total. The summed E-state index contributed by atoms with van der Waals surface area (Å²) in [5, 5.41) is 9.39. The predicted octanol–water partition coefficient (Wildman–Crippen LogP) is 4.54. The number of rotatable bonds is 9. The number of fused-ring (bicyclic) bond motifs is 1. The van der Waals surface area contributed by atoms with E-state index in [1.807, 2.05) is 37.3 Å². The van der Waals surface area contributed by atoms with Crippen molar-refractivity contribution in [1.29, 1.82) is 0 Å². The lowest BCUT2D eigenvalue weighted by Crippen LogP contribution is -2.37. The van der Waals surface area contributed by atoms with E-state index in [-0.39, 0.29) is 12.4 Å². The maximum Gasteiger partial charge on any atom is 0.323 e. The minimum atomic E-state index is -1.08. The van der Waals surface area contributed by atoms with Crippen LogP contribution in [0.15, 0.2) is 66.7 Å². The van der Waals surface area contributed by atoms with Gasteiger partial charge in [-0.15, -0.1) is 0 Å². The summed E-state index contributed by atoms with van der Waals surface area (Å²) >= 11 is 0. The summed E-state index contributed by atoms with van der Waals surface area (Å²) in [6, 6.07) is 19.5. The molecular formula is C28H28FNO5. The fraction of sp³-hybridized carbons (Fsp3) is 0.286. The van der Waals surface area contributed by atoms with Crippen LogP contribution in [-0.2, 0) is 24.1 Å². The maximum absolute atomic E-state index is 14.3. The highest BCUT2D eigenvalue weighted by Crippen LogP contribution is 2.44. The fourth-order valence-electron chi connectivity index (χ4n) is 4.52. The zero-order valence-electron chi connectivity index (χ0n) is 19.8. The highest BCUT2D eigenvalue weighted by Gasteiger charge is 2.38. The van der Waals surface area contributed by atoms with Gasteiger partial charge in [-0.05, 0) is 42.7 Å². The van der Waals surface area contributed by atoms with Crippen molar-refractivity contribution in [3.05, 3.63) is 94.8 Å². The van der Waals surface area contributed by atoms with Crippen molar-refractivity contribution >= 4 is 11.9 Å². The minimum absolute atomic E-state index is 0.260. The van der Waals surface area contributed by atoms with Crippen LogP contribution in [-0.4, -0.2) is 47.7 Å². The number of methoxy groups -OCH3 is 1. The van der Waals surface area contributed by atoms with Crippen LogP contribution in [0.3, 0.4) is 0 Å². The summed E-state index contributed by atoms with van der Waals surface area (Å²) in [5.41, 5.74) is 1.94. The molecule has 1 aliphatic rings. The summed E-state index contributed by atoms with van der Waals surface area (Å²) in [4.78, 5) is 26.2. The Kier molecular flexibility index (Phi) is 7.05. The van der Waals surface area contributed by atoms with E-state index in [4.69, 9.17) is 9.47 Å². The van der Waals surface area contributed by atoms with Crippen molar-refractivity contribution < 1.29 is 28.6 Å². The Morgan fingerprint density at radius 2 is 1.83 bits per heavy atom. The Hall–Kier alpha value is -3.87. The summed E-state index contributed by atoms with van der Waals surface area (Å²) < 4.78 is 26.0. The van der Waals surface area contributed by atoms with Crippen LogP contribution < -0.4 is 9.47 Å². The number of carbonyl (C=O) groups excluding carboxylic acids is 1. The van der Waals surface area contributed by atoms with Gasteiger partial charge in [0.05, 0.1) is 7.11 Å². The number of halogens is 1. The summed E-state index contributed by atoms with van der Waals surface area (Å²) in [5.74, 6) is -0.857. The van der Waals surface area contributed by atoms with Crippen molar-refractivity contribution in [2.24, 2.45) is 0 Å². The Labute approximate surface area is 203 Å². The second-order valence-corrected chi connectivity index (χ2v) is 9.02. The Morgan fingerprint density at radius 1 is 1.11 bits per heavy atom. The number of hydrogen-bond acceptors (Lipinski definition) is 4. The SMILES string of the molecule is COc1cc(C(=O)N(CCc2ccccc2)CC(=O)O)cc2c1O[C@](C)(Cc1ccccc1F)C2. The smallest absolute Gasteiger partial charge is 0.323 e. The third kappa shape index (κ3) is 5.62. The first kappa shape index (κ1) is 24.3. The number of carboxylic acid groups (broad SMARTS) is 1. The Bertz CT molecular complexity index is 1230. The van der Waals surface area contributed by atoms with Gasteiger partial charge in [-0.2, -0.15) is 0 Å². The summed E-state index contributed by atoms with van der Waals surface area (Å²) in [7, 11) is 1.49. The average molecular weight is 478 g/mol. The first-order chi connectivity index (χ1) is 16.8. The molecule has 0 spiro atoms. The lowest BCUT2D eigenvalue weighted by Gasteiger charge is -2.24. The van der Waals surface area contributed by atoms with E-state index in [0.717, 1.165) is 11.1 Å². The Balaban J connectivity index is 1.58. The van der Waals surface area contributed by atoms with Crippen molar-refractivity contribution in [3.63, 3.8) is 0 Å². The van der Waals surface area contributed by atoms with Crippen LogP contribution in [0.4, 0.5) is 4.39 Å². The number of nitrogens with zero attached hydrogens (tertiary/aromatic N) is 1. The van der Waals surface area contributed by atoms with Gasteiger partial charge in [0.1, 0.15) is 18.0 Å². The topological polar surface area (TPSA) is 76.1 Å². The number of amides is 1. The molecule has 3 aromatic carbocycles. The molecule has 0 fully saturated rings. The fourth-order valence-corrected chi connectivity index (χ4v) is 4.52. The van der Waals surface area contributed by atoms with E-state index in [9.17, 15) is 19.1 Å². The molecule has 6 nitrogen and oxygen atoms in total. The lowest BCUT2D eigenvalue weighted by atomic mass is 9.91. The van der Waals surface area contributed by atoms with Crippen molar-refractivity contribution in [1.82, 2.24) is 4.90 Å². The molecule has 0 radical (unpaired) electrons. The number of carbonyl (C=O) groups is 2. The standard InChI is InChI=1S/C28H28FNO5/c1-28(16-20-10-6-7-11-23(20)29)17-22-14-21(15-24(34-2)26(22)35-28)27(33)30(18-25(31)32)13-12-19-8-4-3-5-9-19/h3-11,14-15H,12-13,16-18H2,1-2H3,(H,31,32)/t28-/m1/s1. The van der Waals surface area contributed by atoms with Crippen LogP contribution in [0, 0.1) is 5.82 Å². The average Bonchev–Trinajstić information content (AvgIpc) is 3.18. The molecule has 1 atom stereocenters. The van der Waals surface area contributed by atoms with Crippen molar-refractivity contribution in [3.8, 4) is 11.5 Å². The van der Waals surface area contributed by atoms with Gasteiger partial charge in [0.25, 0.3) is 5.91 Å². The molecule has 7 heteroatoms. The summed E-state index contributed by atoms with van der Waals surface area (Å²) in [6.45, 7) is 1.75. The van der Waals surface area contributed by atoms with E-state index in [0.29, 0.717) is 41.9 Å². The van der Waals surface area contributed by atoms with Gasteiger partial charge in [0, 0.05) is 30.5 Å². The molecule has 0 saturated heterocycles. The zero-order valence-corrected chi connectivity index (χ0v) is 19.8. The van der Waals surface area contributed by atoms with E-state index >= 15 is 0 Å². The Morgan fingerprint density at radius 3 is 2.51 bits per heavy atom. The van der Waals surface area contributed by atoms with E-state index < -0.39 is 24.0 Å². The van der Waals surface area contributed by atoms with Crippen LogP contribution >= 0.6 is 0 Å². The molecule has 0 aromatic heterocycles. The predicted molar refractivity (Wildman–Crippen MR) is 130 cm³/mol. The molecule has 0 unspecified atom stereocenters. The highest BCUT2D eigenvalue weighted by molar-refractivity contribution is 5.97. The van der Waals surface area contributed by atoms with E-state index in [2.05, 4.69) is 0 Å². The van der Waals surface area contributed by atoms with Crippen LogP contribution in [0.2, 0.25) is 0 Å². The van der Waals surface area contributed by atoms with Gasteiger partial charge < -0.3 is 19.5 Å². The summed E-state index contributed by atoms with van der Waals surface area (Å²) in [6.07, 6.45) is 1.34. The van der Waals surface area contributed by atoms with Gasteiger partial charge in [-0.25, -0.2) is 4.39 Å². The number of ether oxygens (including phenoxy) is 2. The van der Waals surface area contributed by atoms with E-state index in [1.165, 1.54) is 18.1 Å². The third-order valence-electron chi connectivity index (χ3n) is 6.16. The van der Waals surface area contributed by atoms with Crippen molar-refractivity contribution in [2.45, 2.75) is 31.8 Å². The van der Waals surface area contributed by atoms with Crippen LogP contribution in [0.1, 0.15) is 34.0 Å². The second-order valence-electron chi connectivity index (χ2n) is 9.02. The lowest BCUT2D eigenvalue weighted by molar-refractivity contribution is -0.137. The van der Waals surface area contributed by atoms with Crippen LogP contribution in [0.5, 0.6) is 11.5 Å². The molecule has 0 bridgehead atoms. The molecule has 35 heavy (non-hydrogen) atoms.